The Labute approximate surface area is 195 Å². The maximum atomic E-state index is 13.6. The van der Waals surface area contributed by atoms with Crippen molar-refractivity contribution in [3.05, 3.63) is 53.7 Å². The predicted molar refractivity (Wildman–Crippen MR) is 121 cm³/mol. The maximum Gasteiger partial charge on any atom is 0.286 e. The van der Waals surface area contributed by atoms with Crippen molar-refractivity contribution in [3.8, 4) is 17.1 Å². The molecule has 1 fully saturated rings. The maximum absolute atomic E-state index is 13.6. The molecule has 1 amide bonds. The summed E-state index contributed by atoms with van der Waals surface area (Å²) in [7, 11) is 1.54. The molecule has 0 spiro atoms. The highest BCUT2D eigenvalue weighted by Crippen LogP contribution is 2.30. The highest BCUT2D eigenvalue weighted by atomic mass is 19.3. The summed E-state index contributed by atoms with van der Waals surface area (Å²) in [6.45, 7) is 5.03. The average molecular weight is 470 g/mol. The lowest BCUT2D eigenvalue weighted by Crippen LogP contribution is -2.37. The van der Waals surface area contributed by atoms with E-state index in [1.54, 1.807) is 12.3 Å². The Bertz CT molecular complexity index is 1200. The van der Waals surface area contributed by atoms with Gasteiger partial charge in [0.15, 0.2) is 5.82 Å². The zero-order chi connectivity index (χ0) is 24.3. The summed E-state index contributed by atoms with van der Waals surface area (Å²) in [6, 6.07) is 4.16. The van der Waals surface area contributed by atoms with Gasteiger partial charge in [0.1, 0.15) is 5.69 Å². The van der Waals surface area contributed by atoms with Gasteiger partial charge >= 0.3 is 0 Å². The number of halogens is 2. The van der Waals surface area contributed by atoms with Crippen molar-refractivity contribution >= 4 is 17.4 Å². The molecule has 3 aromatic rings. The molecule has 0 unspecified atom stereocenters. The van der Waals surface area contributed by atoms with Gasteiger partial charge in [-0.05, 0) is 25.1 Å². The molecule has 1 N–H and O–H groups in total. The number of pyridine rings is 2. The largest absolute Gasteiger partial charge is 0.478 e. The van der Waals surface area contributed by atoms with E-state index in [9.17, 15) is 13.6 Å². The second kappa shape index (κ2) is 9.64. The molecule has 0 aliphatic carbocycles. The molecule has 34 heavy (non-hydrogen) atoms. The zero-order valence-electron chi connectivity index (χ0n) is 19.0. The van der Waals surface area contributed by atoms with Gasteiger partial charge in [-0.2, -0.15) is 8.78 Å². The summed E-state index contributed by atoms with van der Waals surface area (Å²) in [5, 5.41) is 2.70. The number of methoxy groups -OCH3 is 1. The van der Waals surface area contributed by atoms with Gasteiger partial charge < -0.3 is 19.7 Å². The van der Waals surface area contributed by atoms with E-state index in [4.69, 9.17) is 14.5 Å². The number of hydrogen-bond donors (Lipinski definition) is 1. The fourth-order valence-corrected chi connectivity index (χ4v) is 3.50. The van der Waals surface area contributed by atoms with Crippen molar-refractivity contribution in [1.82, 2.24) is 19.9 Å². The van der Waals surface area contributed by atoms with Crippen LogP contribution in [0.4, 0.5) is 20.3 Å². The number of hydrogen-bond acceptors (Lipinski definition) is 8. The van der Waals surface area contributed by atoms with E-state index in [-0.39, 0.29) is 5.56 Å². The molecule has 1 saturated heterocycles. The first-order valence-electron chi connectivity index (χ1n) is 10.6. The van der Waals surface area contributed by atoms with Crippen LogP contribution < -0.4 is 15.0 Å². The van der Waals surface area contributed by atoms with Gasteiger partial charge in [0, 0.05) is 43.0 Å². The van der Waals surface area contributed by atoms with Crippen molar-refractivity contribution in [2.45, 2.75) is 19.8 Å². The molecule has 0 radical (unpaired) electrons. The molecule has 0 aromatic carbocycles. The summed E-state index contributed by atoms with van der Waals surface area (Å²) in [5.41, 5.74) is 1.87. The first-order chi connectivity index (χ1) is 16.3. The fraction of sp³-hybridized carbons (Fsp3) is 0.348. The Balaban J connectivity index is 1.62. The molecule has 1 aliphatic heterocycles. The average Bonchev–Trinajstić information content (AvgIpc) is 2.85. The van der Waals surface area contributed by atoms with Gasteiger partial charge in [-0.15, -0.1) is 0 Å². The molecular formula is C23H24F2N6O3. The van der Waals surface area contributed by atoms with Crippen molar-refractivity contribution in [1.29, 1.82) is 0 Å². The normalized spacial score (nSPS) is 14.1. The second-order valence-electron chi connectivity index (χ2n) is 7.82. The number of rotatable bonds is 6. The second-order valence-corrected chi connectivity index (χ2v) is 7.82. The number of nitrogens with one attached hydrogen (secondary N) is 1. The lowest BCUT2D eigenvalue weighted by atomic mass is 10.1. The number of nitrogens with zero attached hydrogens (tertiary/aromatic N) is 5. The minimum atomic E-state index is -3.15. The molecular weight excluding hydrogens is 446 g/mol. The van der Waals surface area contributed by atoms with Crippen LogP contribution in [0, 0.1) is 6.92 Å². The van der Waals surface area contributed by atoms with Gasteiger partial charge in [-0.25, -0.2) is 9.97 Å². The Morgan fingerprint density at radius 3 is 2.65 bits per heavy atom. The highest BCUT2D eigenvalue weighted by Gasteiger charge is 2.27. The third-order valence-electron chi connectivity index (χ3n) is 5.32. The van der Waals surface area contributed by atoms with Gasteiger partial charge in [0.2, 0.25) is 0 Å². The molecule has 9 nitrogen and oxygen atoms in total. The first-order valence-corrected chi connectivity index (χ1v) is 10.6. The summed E-state index contributed by atoms with van der Waals surface area (Å²) in [5.74, 6) is -2.71. The fourth-order valence-electron chi connectivity index (χ4n) is 3.50. The molecule has 11 heteroatoms. The highest BCUT2D eigenvalue weighted by molar-refractivity contribution is 6.04. The smallest absolute Gasteiger partial charge is 0.286 e. The molecule has 0 saturated carbocycles. The molecule has 4 rings (SSSR count). The SMILES string of the molecule is COc1ncc(-c2cc(NC(=O)c3ccnc(C(C)(F)F)c3)cnc2C)nc1N1CCOCC1. The first kappa shape index (κ1) is 23.4. The Morgan fingerprint density at radius 1 is 1.18 bits per heavy atom. The van der Waals surface area contributed by atoms with E-state index < -0.39 is 17.5 Å². The van der Waals surface area contributed by atoms with Crippen molar-refractivity contribution in [3.63, 3.8) is 0 Å². The number of anilines is 2. The summed E-state index contributed by atoms with van der Waals surface area (Å²) in [4.78, 5) is 31.9. The molecule has 1 aliphatic rings. The Kier molecular flexibility index (Phi) is 6.64. The molecule has 178 valence electrons. The van der Waals surface area contributed by atoms with Crippen LogP contribution >= 0.6 is 0 Å². The van der Waals surface area contributed by atoms with Gasteiger partial charge in [-0.1, -0.05) is 0 Å². The number of aromatic nitrogens is 4. The van der Waals surface area contributed by atoms with E-state index in [1.807, 2.05) is 11.8 Å². The molecule has 0 bridgehead atoms. The number of carbonyl (C=O) groups excluding carboxylic acids is 1. The number of aryl methyl sites for hydroxylation is 1. The third kappa shape index (κ3) is 5.09. The van der Waals surface area contributed by atoms with Gasteiger partial charge in [0.05, 0.1) is 44.1 Å². The van der Waals surface area contributed by atoms with Crippen LogP contribution in [0.5, 0.6) is 5.88 Å². The molecule has 4 heterocycles. The van der Waals surface area contributed by atoms with Crippen LogP contribution in [0.25, 0.3) is 11.3 Å². The van der Waals surface area contributed by atoms with Crippen LogP contribution in [0.1, 0.15) is 28.7 Å². The monoisotopic (exact) mass is 470 g/mol. The Morgan fingerprint density at radius 2 is 1.94 bits per heavy atom. The Hall–Kier alpha value is -3.73. The quantitative estimate of drug-likeness (QED) is 0.585. The number of morpholine rings is 1. The van der Waals surface area contributed by atoms with Gasteiger partial charge in [0.25, 0.3) is 17.7 Å². The molecule has 3 aromatic heterocycles. The van der Waals surface area contributed by atoms with Crippen LogP contribution in [0.3, 0.4) is 0 Å². The predicted octanol–water partition coefficient (Wildman–Crippen LogP) is 3.45. The minimum absolute atomic E-state index is 0.0625. The van der Waals surface area contributed by atoms with E-state index in [0.717, 1.165) is 13.0 Å². The minimum Gasteiger partial charge on any atom is -0.478 e. The molecule has 0 atom stereocenters. The standard InChI is InChI=1S/C23H24F2N6O3/c1-14-17(18-13-28-22(33-3)20(30-18)31-6-8-34-9-7-31)11-16(12-27-14)29-21(32)15-4-5-26-19(10-15)23(2,24)25/h4-5,10-13H,6-9H2,1-3H3,(H,29,32). The van der Waals surface area contributed by atoms with Crippen LogP contribution in [0.2, 0.25) is 0 Å². The lowest BCUT2D eigenvalue weighted by molar-refractivity contribution is 0.0127. The summed E-state index contributed by atoms with van der Waals surface area (Å²) >= 11 is 0. The zero-order valence-corrected chi connectivity index (χ0v) is 19.0. The third-order valence-corrected chi connectivity index (χ3v) is 5.32. The topological polar surface area (TPSA) is 102 Å². The van der Waals surface area contributed by atoms with Gasteiger partial charge in [-0.3, -0.25) is 14.8 Å². The van der Waals surface area contributed by atoms with Crippen molar-refractivity contribution in [2.75, 3.05) is 43.6 Å². The van der Waals surface area contributed by atoms with Crippen LogP contribution in [-0.4, -0.2) is 59.3 Å². The number of alkyl halides is 2. The lowest BCUT2D eigenvalue weighted by Gasteiger charge is -2.28. The summed E-state index contributed by atoms with van der Waals surface area (Å²) in [6.07, 6.45) is 4.25. The van der Waals surface area contributed by atoms with E-state index in [1.165, 1.54) is 25.6 Å². The van der Waals surface area contributed by atoms with Crippen molar-refractivity contribution < 1.29 is 23.0 Å². The van der Waals surface area contributed by atoms with Crippen molar-refractivity contribution in [2.24, 2.45) is 0 Å². The summed E-state index contributed by atoms with van der Waals surface area (Å²) < 4.78 is 38.0. The van der Waals surface area contributed by atoms with Crippen LogP contribution in [0.15, 0.2) is 36.8 Å². The van der Waals surface area contributed by atoms with E-state index >= 15 is 0 Å². The van der Waals surface area contributed by atoms with E-state index in [0.29, 0.717) is 60.6 Å². The number of amides is 1. The number of carbonyl (C=O) groups is 1. The number of ether oxygens (including phenoxy) is 2. The van der Waals surface area contributed by atoms with E-state index in [2.05, 4.69) is 20.3 Å². The van der Waals surface area contributed by atoms with Crippen LogP contribution in [-0.2, 0) is 10.7 Å².